The second kappa shape index (κ2) is 5.94. The summed E-state index contributed by atoms with van der Waals surface area (Å²) in [6.07, 6.45) is 1.06. The highest BCUT2D eigenvalue weighted by molar-refractivity contribution is 6.30. The highest BCUT2D eigenvalue weighted by Gasteiger charge is 2.27. The zero-order chi connectivity index (χ0) is 13.9. The summed E-state index contributed by atoms with van der Waals surface area (Å²) >= 11 is 5.96. The Hall–Kier alpha value is -1.38. The molecule has 0 spiro atoms. The van der Waals surface area contributed by atoms with Crippen molar-refractivity contribution in [3.8, 4) is 0 Å². The van der Waals surface area contributed by atoms with Gasteiger partial charge in [-0.3, -0.25) is 0 Å². The Morgan fingerprint density at radius 2 is 1.80 bits per heavy atom. The van der Waals surface area contributed by atoms with Crippen LogP contribution in [0.4, 0.5) is 4.39 Å². The van der Waals surface area contributed by atoms with Gasteiger partial charge in [0.15, 0.2) is 0 Å². The fourth-order valence-corrected chi connectivity index (χ4v) is 3.18. The molecule has 0 amide bonds. The molecule has 0 aromatic heterocycles. The summed E-state index contributed by atoms with van der Waals surface area (Å²) in [6.45, 7) is 1.88. The van der Waals surface area contributed by atoms with Crippen molar-refractivity contribution in [2.75, 3.05) is 13.1 Å². The zero-order valence-corrected chi connectivity index (χ0v) is 11.9. The lowest BCUT2D eigenvalue weighted by Gasteiger charge is -2.33. The number of rotatable bonds is 2. The van der Waals surface area contributed by atoms with Gasteiger partial charge in [0, 0.05) is 17.5 Å². The summed E-state index contributed by atoms with van der Waals surface area (Å²) in [6, 6.07) is 15.0. The van der Waals surface area contributed by atoms with Crippen molar-refractivity contribution in [1.82, 2.24) is 5.32 Å². The van der Waals surface area contributed by atoms with Crippen molar-refractivity contribution in [2.24, 2.45) is 0 Å². The van der Waals surface area contributed by atoms with E-state index in [1.165, 1.54) is 11.6 Å². The highest BCUT2D eigenvalue weighted by atomic mass is 35.5. The van der Waals surface area contributed by atoms with Gasteiger partial charge in [0.05, 0.1) is 0 Å². The van der Waals surface area contributed by atoms with Crippen LogP contribution in [0.25, 0.3) is 0 Å². The van der Waals surface area contributed by atoms with Gasteiger partial charge in [0.2, 0.25) is 0 Å². The van der Waals surface area contributed by atoms with Crippen LogP contribution >= 0.6 is 11.6 Å². The fourth-order valence-electron chi connectivity index (χ4n) is 3.05. The van der Waals surface area contributed by atoms with E-state index < -0.39 is 0 Å². The van der Waals surface area contributed by atoms with Gasteiger partial charge in [-0.05, 0) is 54.3 Å². The molecule has 104 valence electrons. The normalized spacial score (nSPS) is 22.7. The van der Waals surface area contributed by atoms with Crippen molar-refractivity contribution in [3.63, 3.8) is 0 Å². The Morgan fingerprint density at radius 3 is 2.55 bits per heavy atom. The van der Waals surface area contributed by atoms with Crippen LogP contribution < -0.4 is 5.32 Å². The van der Waals surface area contributed by atoms with Crippen molar-refractivity contribution < 1.29 is 4.39 Å². The topological polar surface area (TPSA) is 12.0 Å². The lowest BCUT2D eigenvalue weighted by atomic mass is 9.77. The SMILES string of the molecule is Fc1cccc(C2CNCCC2c2ccc(Cl)cc2)c1. The Labute approximate surface area is 123 Å². The fraction of sp³-hybridized carbons (Fsp3) is 0.294. The number of nitrogens with one attached hydrogen (secondary N) is 1. The molecule has 2 atom stereocenters. The minimum Gasteiger partial charge on any atom is -0.316 e. The van der Waals surface area contributed by atoms with E-state index in [4.69, 9.17) is 11.6 Å². The second-order valence-electron chi connectivity index (χ2n) is 5.31. The predicted octanol–water partition coefficient (Wildman–Crippen LogP) is 4.34. The van der Waals surface area contributed by atoms with Crippen LogP contribution in [-0.2, 0) is 0 Å². The third kappa shape index (κ3) is 2.87. The minimum atomic E-state index is -0.164. The van der Waals surface area contributed by atoms with Crippen molar-refractivity contribution in [3.05, 3.63) is 70.5 Å². The molecule has 20 heavy (non-hydrogen) atoms. The second-order valence-corrected chi connectivity index (χ2v) is 5.75. The van der Waals surface area contributed by atoms with Gasteiger partial charge in [0.25, 0.3) is 0 Å². The average molecular weight is 290 g/mol. The third-order valence-corrected chi connectivity index (χ3v) is 4.31. The molecule has 3 heteroatoms. The molecule has 0 saturated carbocycles. The van der Waals surface area contributed by atoms with E-state index in [9.17, 15) is 4.39 Å². The number of halogens is 2. The van der Waals surface area contributed by atoms with Crippen LogP contribution in [0.3, 0.4) is 0 Å². The van der Waals surface area contributed by atoms with Crippen LogP contribution in [0.15, 0.2) is 48.5 Å². The van der Waals surface area contributed by atoms with Crippen molar-refractivity contribution >= 4 is 11.6 Å². The van der Waals surface area contributed by atoms with Crippen LogP contribution in [0.5, 0.6) is 0 Å². The van der Waals surface area contributed by atoms with Gasteiger partial charge < -0.3 is 5.32 Å². The molecule has 3 rings (SSSR count). The van der Waals surface area contributed by atoms with E-state index in [2.05, 4.69) is 17.4 Å². The van der Waals surface area contributed by atoms with E-state index in [0.29, 0.717) is 11.8 Å². The molecule has 2 aromatic rings. The largest absolute Gasteiger partial charge is 0.316 e. The van der Waals surface area contributed by atoms with E-state index in [0.717, 1.165) is 30.1 Å². The first-order chi connectivity index (χ1) is 9.74. The molecular formula is C17H17ClFN. The van der Waals surface area contributed by atoms with Crippen LogP contribution in [0.2, 0.25) is 5.02 Å². The number of hydrogen-bond acceptors (Lipinski definition) is 1. The smallest absolute Gasteiger partial charge is 0.123 e. The quantitative estimate of drug-likeness (QED) is 0.867. The molecule has 1 N–H and O–H groups in total. The molecule has 1 nitrogen and oxygen atoms in total. The summed E-state index contributed by atoms with van der Waals surface area (Å²) in [5.74, 6) is 0.555. The minimum absolute atomic E-state index is 0.164. The molecule has 1 aliphatic rings. The van der Waals surface area contributed by atoms with Crippen LogP contribution in [-0.4, -0.2) is 13.1 Å². The molecule has 1 fully saturated rings. The van der Waals surface area contributed by atoms with Gasteiger partial charge >= 0.3 is 0 Å². The maximum Gasteiger partial charge on any atom is 0.123 e. The van der Waals surface area contributed by atoms with E-state index in [-0.39, 0.29) is 5.82 Å². The highest BCUT2D eigenvalue weighted by Crippen LogP contribution is 2.37. The summed E-state index contributed by atoms with van der Waals surface area (Å²) in [5, 5.41) is 4.17. The maximum absolute atomic E-state index is 13.5. The van der Waals surface area contributed by atoms with Gasteiger partial charge in [0.1, 0.15) is 5.82 Å². The Morgan fingerprint density at radius 1 is 1.00 bits per heavy atom. The summed E-state index contributed by atoms with van der Waals surface area (Å²) in [5.41, 5.74) is 2.35. The van der Waals surface area contributed by atoms with Crippen molar-refractivity contribution in [2.45, 2.75) is 18.3 Å². The lowest BCUT2D eigenvalue weighted by Crippen LogP contribution is -2.34. The van der Waals surface area contributed by atoms with E-state index >= 15 is 0 Å². The molecule has 2 unspecified atom stereocenters. The Balaban J connectivity index is 1.93. The van der Waals surface area contributed by atoms with E-state index in [1.54, 1.807) is 12.1 Å². The predicted molar refractivity (Wildman–Crippen MR) is 80.8 cm³/mol. The Kier molecular flexibility index (Phi) is 4.04. The Bertz CT molecular complexity index is 582. The van der Waals surface area contributed by atoms with Gasteiger partial charge in [-0.25, -0.2) is 4.39 Å². The van der Waals surface area contributed by atoms with Crippen LogP contribution in [0.1, 0.15) is 29.4 Å². The number of hydrogen-bond donors (Lipinski definition) is 1. The number of benzene rings is 2. The van der Waals surface area contributed by atoms with Gasteiger partial charge in [-0.2, -0.15) is 0 Å². The molecule has 0 radical (unpaired) electrons. The molecule has 1 heterocycles. The number of piperidine rings is 1. The first-order valence-electron chi connectivity index (χ1n) is 6.95. The molecular weight excluding hydrogens is 273 g/mol. The molecule has 0 aliphatic carbocycles. The monoisotopic (exact) mass is 289 g/mol. The zero-order valence-electron chi connectivity index (χ0n) is 11.2. The van der Waals surface area contributed by atoms with Gasteiger partial charge in [-0.15, -0.1) is 0 Å². The maximum atomic E-state index is 13.5. The first kappa shape index (κ1) is 13.6. The molecule has 2 aromatic carbocycles. The molecule has 1 aliphatic heterocycles. The summed E-state index contributed by atoms with van der Waals surface area (Å²) in [4.78, 5) is 0. The lowest BCUT2D eigenvalue weighted by molar-refractivity contribution is 0.403. The molecule has 1 saturated heterocycles. The standard InChI is InChI=1S/C17H17ClFN/c18-14-6-4-12(5-7-14)16-8-9-20-11-17(16)13-2-1-3-15(19)10-13/h1-7,10,16-17,20H,8-9,11H2. The van der Waals surface area contributed by atoms with Crippen LogP contribution in [0, 0.1) is 5.82 Å². The van der Waals surface area contributed by atoms with Crippen molar-refractivity contribution in [1.29, 1.82) is 0 Å². The third-order valence-electron chi connectivity index (χ3n) is 4.06. The molecule has 0 bridgehead atoms. The van der Waals surface area contributed by atoms with E-state index in [1.807, 2.05) is 18.2 Å². The van der Waals surface area contributed by atoms with Gasteiger partial charge in [-0.1, -0.05) is 35.9 Å². The summed E-state index contributed by atoms with van der Waals surface area (Å²) < 4.78 is 13.5. The first-order valence-corrected chi connectivity index (χ1v) is 7.33. The summed E-state index contributed by atoms with van der Waals surface area (Å²) in [7, 11) is 0. The average Bonchev–Trinajstić information content (AvgIpc) is 2.48.